The lowest BCUT2D eigenvalue weighted by Gasteiger charge is -2.22. The van der Waals surface area contributed by atoms with E-state index in [1.54, 1.807) is 17.2 Å². The Morgan fingerprint density at radius 1 is 1.23 bits per heavy atom. The van der Waals surface area contributed by atoms with Crippen molar-refractivity contribution >= 4 is 5.91 Å². The summed E-state index contributed by atoms with van der Waals surface area (Å²) in [7, 11) is 0. The second-order valence-electron chi connectivity index (χ2n) is 8.19. The molecule has 0 aromatic carbocycles. The Bertz CT molecular complexity index is 1230. The van der Waals surface area contributed by atoms with Crippen molar-refractivity contribution < 1.29 is 9.32 Å². The minimum absolute atomic E-state index is 0.173. The number of fused-ring (bicyclic) bond motifs is 3. The number of hydrogen-bond donors (Lipinski definition) is 0. The van der Waals surface area contributed by atoms with Crippen molar-refractivity contribution in [1.29, 1.82) is 0 Å². The Balaban J connectivity index is 1.57. The van der Waals surface area contributed by atoms with Crippen molar-refractivity contribution in [2.24, 2.45) is 0 Å². The van der Waals surface area contributed by atoms with Crippen molar-refractivity contribution in [1.82, 2.24) is 29.4 Å². The molecule has 5 heterocycles. The summed E-state index contributed by atoms with van der Waals surface area (Å²) < 4.78 is 9.36. The van der Waals surface area contributed by atoms with E-state index in [1.165, 1.54) is 0 Å². The van der Waals surface area contributed by atoms with Crippen LogP contribution >= 0.6 is 0 Å². The summed E-state index contributed by atoms with van der Waals surface area (Å²) >= 11 is 0. The topological polar surface area (TPSA) is 82.0 Å². The maximum atomic E-state index is 13.2. The van der Waals surface area contributed by atoms with E-state index in [-0.39, 0.29) is 17.7 Å². The molecule has 1 aliphatic rings. The first-order valence-electron chi connectivity index (χ1n) is 10.4. The van der Waals surface area contributed by atoms with E-state index in [0.717, 1.165) is 28.2 Å². The van der Waals surface area contributed by atoms with Crippen molar-refractivity contribution in [3.05, 3.63) is 77.3 Å². The third kappa shape index (κ3) is 3.54. The molecule has 0 saturated carbocycles. The number of nitrogens with zero attached hydrogens (tertiary/aromatic N) is 6. The van der Waals surface area contributed by atoms with Gasteiger partial charge in [0.15, 0.2) is 0 Å². The average molecular weight is 416 g/mol. The lowest BCUT2D eigenvalue weighted by Crippen LogP contribution is -2.30. The Morgan fingerprint density at radius 2 is 2.10 bits per heavy atom. The van der Waals surface area contributed by atoms with Gasteiger partial charge < -0.3 is 14.0 Å². The van der Waals surface area contributed by atoms with E-state index >= 15 is 0 Å². The molecule has 31 heavy (non-hydrogen) atoms. The maximum Gasteiger partial charge on any atom is 0.293 e. The van der Waals surface area contributed by atoms with Crippen molar-refractivity contribution in [3.63, 3.8) is 0 Å². The van der Waals surface area contributed by atoms with Gasteiger partial charge in [0.2, 0.25) is 5.76 Å². The van der Waals surface area contributed by atoms with Crippen LogP contribution in [0.25, 0.3) is 11.3 Å². The molecular weight excluding hydrogens is 392 g/mol. The molecule has 0 N–H and O–H groups in total. The van der Waals surface area contributed by atoms with Crippen LogP contribution in [0.2, 0.25) is 0 Å². The van der Waals surface area contributed by atoms with Crippen LogP contribution in [-0.2, 0) is 19.6 Å². The summed E-state index contributed by atoms with van der Waals surface area (Å²) in [6.45, 7) is 7.59. The van der Waals surface area contributed by atoms with E-state index in [0.29, 0.717) is 25.3 Å². The van der Waals surface area contributed by atoms with Gasteiger partial charge in [-0.05, 0) is 39.0 Å². The van der Waals surface area contributed by atoms with E-state index < -0.39 is 0 Å². The fourth-order valence-corrected chi connectivity index (χ4v) is 4.10. The van der Waals surface area contributed by atoms with Gasteiger partial charge in [-0.15, -0.1) is 0 Å². The predicted octanol–water partition coefficient (Wildman–Crippen LogP) is 3.83. The fourth-order valence-electron chi connectivity index (χ4n) is 4.10. The van der Waals surface area contributed by atoms with Crippen LogP contribution in [0.5, 0.6) is 0 Å². The predicted molar refractivity (Wildman–Crippen MR) is 114 cm³/mol. The van der Waals surface area contributed by atoms with Gasteiger partial charge in [-0.1, -0.05) is 11.2 Å². The molecule has 8 nitrogen and oxygen atoms in total. The summed E-state index contributed by atoms with van der Waals surface area (Å²) in [6.07, 6.45) is 5.87. The summed E-state index contributed by atoms with van der Waals surface area (Å²) in [5, 5.41) is 8.76. The highest BCUT2D eigenvalue weighted by Gasteiger charge is 2.30. The molecule has 0 aliphatic carbocycles. The average Bonchev–Trinajstić information content (AvgIpc) is 3.45. The SMILES string of the molecule is Cc1cc(C(=O)N2Cc3cn(Cc4ccccn4)nc3-c3ccn(C(C)C)c3C2)on1. The van der Waals surface area contributed by atoms with Crippen molar-refractivity contribution in [2.45, 2.75) is 46.4 Å². The fraction of sp³-hybridized carbons (Fsp3) is 0.304. The summed E-state index contributed by atoms with van der Waals surface area (Å²) in [6, 6.07) is 9.90. The Kier molecular flexibility index (Phi) is 4.69. The first-order chi connectivity index (χ1) is 15.0. The molecule has 8 heteroatoms. The van der Waals surface area contributed by atoms with Crippen LogP contribution in [0.4, 0.5) is 0 Å². The zero-order valence-corrected chi connectivity index (χ0v) is 17.8. The summed E-state index contributed by atoms with van der Waals surface area (Å²) in [5.74, 6) is 0.0828. The summed E-state index contributed by atoms with van der Waals surface area (Å²) in [5.41, 5.74) is 5.67. The van der Waals surface area contributed by atoms with Gasteiger partial charge in [0.1, 0.15) is 0 Å². The van der Waals surface area contributed by atoms with Gasteiger partial charge in [-0.3, -0.25) is 14.5 Å². The van der Waals surface area contributed by atoms with E-state index in [1.807, 2.05) is 36.0 Å². The molecule has 0 fully saturated rings. The third-order valence-electron chi connectivity index (χ3n) is 5.55. The number of carbonyl (C=O) groups excluding carboxylic acids is 1. The van der Waals surface area contributed by atoms with E-state index in [9.17, 15) is 4.79 Å². The third-order valence-corrected chi connectivity index (χ3v) is 5.55. The molecule has 5 rings (SSSR count). The molecule has 0 spiro atoms. The molecular formula is C23H24N6O2. The molecule has 0 unspecified atom stereocenters. The molecule has 158 valence electrons. The van der Waals surface area contributed by atoms with Gasteiger partial charge >= 0.3 is 0 Å². The lowest BCUT2D eigenvalue weighted by atomic mass is 10.1. The molecule has 1 amide bonds. The quantitative estimate of drug-likeness (QED) is 0.505. The minimum Gasteiger partial charge on any atom is -0.351 e. The number of amides is 1. The zero-order valence-electron chi connectivity index (χ0n) is 17.8. The summed E-state index contributed by atoms with van der Waals surface area (Å²) in [4.78, 5) is 19.4. The molecule has 0 bridgehead atoms. The highest BCUT2D eigenvalue weighted by Crippen LogP contribution is 2.34. The van der Waals surface area contributed by atoms with Crippen LogP contribution in [0.3, 0.4) is 0 Å². The largest absolute Gasteiger partial charge is 0.351 e. The van der Waals surface area contributed by atoms with Gasteiger partial charge in [0.05, 0.1) is 36.7 Å². The van der Waals surface area contributed by atoms with Crippen LogP contribution in [0.1, 0.15) is 53.1 Å². The molecule has 0 radical (unpaired) electrons. The van der Waals surface area contributed by atoms with Crippen LogP contribution < -0.4 is 0 Å². The van der Waals surface area contributed by atoms with Crippen molar-refractivity contribution in [2.75, 3.05) is 0 Å². The van der Waals surface area contributed by atoms with Gasteiger partial charge in [-0.2, -0.15) is 5.10 Å². The second kappa shape index (κ2) is 7.54. The number of aryl methyl sites for hydroxylation is 1. The van der Waals surface area contributed by atoms with Gasteiger partial charge in [0, 0.05) is 47.5 Å². The second-order valence-corrected chi connectivity index (χ2v) is 8.19. The maximum absolute atomic E-state index is 13.2. The highest BCUT2D eigenvalue weighted by atomic mass is 16.5. The van der Waals surface area contributed by atoms with E-state index in [2.05, 4.69) is 40.8 Å². The molecule has 4 aromatic rings. The molecule has 0 saturated heterocycles. The van der Waals surface area contributed by atoms with Crippen LogP contribution in [-0.4, -0.2) is 35.3 Å². The standard InChI is InChI=1S/C23H24N6O2/c1-15(2)29-9-7-19-20(29)14-27(23(30)21-10-16(3)26-31-21)11-17-12-28(25-22(17)19)13-18-6-4-5-8-24-18/h4-10,12,15H,11,13-14H2,1-3H3. The minimum atomic E-state index is -0.173. The Hall–Kier alpha value is -3.68. The molecule has 0 atom stereocenters. The lowest BCUT2D eigenvalue weighted by molar-refractivity contribution is 0.0685. The smallest absolute Gasteiger partial charge is 0.293 e. The monoisotopic (exact) mass is 416 g/mol. The van der Waals surface area contributed by atoms with E-state index in [4.69, 9.17) is 9.62 Å². The first-order valence-corrected chi connectivity index (χ1v) is 10.4. The number of hydrogen-bond acceptors (Lipinski definition) is 5. The molecule has 1 aliphatic heterocycles. The zero-order chi connectivity index (χ0) is 21.5. The number of rotatable bonds is 4. The number of carbonyl (C=O) groups is 1. The first kappa shape index (κ1) is 19.3. The van der Waals surface area contributed by atoms with Gasteiger partial charge in [-0.25, -0.2) is 0 Å². The number of pyridine rings is 1. The van der Waals surface area contributed by atoms with Crippen molar-refractivity contribution in [3.8, 4) is 11.3 Å². The molecule has 4 aromatic heterocycles. The van der Waals surface area contributed by atoms with Gasteiger partial charge in [0.25, 0.3) is 5.91 Å². The Labute approximate surface area is 180 Å². The normalized spacial score (nSPS) is 13.2. The van der Waals surface area contributed by atoms with Crippen LogP contribution in [0, 0.1) is 6.92 Å². The Morgan fingerprint density at radius 3 is 2.81 bits per heavy atom. The number of aromatic nitrogens is 5. The van der Waals surface area contributed by atoms with Crippen LogP contribution in [0.15, 0.2) is 53.4 Å². The highest BCUT2D eigenvalue weighted by molar-refractivity contribution is 5.92.